The Balaban J connectivity index is 1.52. The molecule has 0 fully saturated rings. The molecular weight excluding hydrogens is 376 g/mol. The first-order valence-corrected chi connectivity index (χ1v) is 7.94. The molecule has 3 rings (SSSR count). The third-order valence-electron chi connectivity index (χ3n) is 3.49. The van der Waals surface area contributed by atoms with Crippen molar-refractivity contribution in [3.8, 4) is 5.75 Å². The summed E-state index contributed by atoms with van der Waals surface area (Å²) in [6.07, 6.45) is -4.34. The van der Waals surface area contributed by atoms with Crippen molar-refractivity contribution in [2.45, 2.75) is 19.4 Å². The standard InChI is InChI=1S/C17H13ClF4N2O2/c18-12-7-10(1-4-15(12)26-17(20,21)22)5-6-25-9-16-23-13-3-2-11(19)8-14(13)24-16/h1-4,7-8H,5-6,9H2,(H,23,24). The lowest BCUT2D eigenvalue weighted by molar-refractivity contribution is -0.274. The largest absolute Gasteiger partial charge is 0.573 e. The molecule has 1 aromatic heterocycles. The maximum Gasteiger partial charge on any atom is 0.573 e. The van der Waals surface area contributed by atoms with E-state index in [9.17, 15) is 17.6 Å². The second kappa shape index (κ2) is 7.51. The maximum atomic E-state index is 13.1. The minimum absolute atomic E-state index is 0.126. The number of aromatic amines is 1. The topological polar surface area (TPSA) is 47.1 Å². The number of halogens is 5. The van der Waals surface area contributed by atoms with Crippen molar-refractivity contribution in [3.05, 3.63) is 58.6 Å². The van der Waals surface area contributed by atoms with Gasteiger partial charge in [0.1, 0.15) is 24.0 Å². The van der Waals surface area contributed by atoms with Gasteiger partial charge in [-0.25, -0.2) is 9.37 Å². The van der Waals surface area contributed by atoms with Crippen molar-refractivity contribution in [2.24, 2.45) is 0 Å². The zero-order valence-corrected chi connectivity index (χ0v) is 14.0. The van der Waals surface area contributed by atoms with Gasteiger partial charge in [0.05, 0.1) is 22.7 Å². The molecule has 1 heterocycles. The zero-order chi connectivity index (χ0) is 18.7. The Hall–Kier alpha value is -2.32. The van der Waals surface area contributed by atoms with E-state index in [1.165, 1.54) is 30.3 Å². The summed E-state index contributed by atoms with van der Waals surface area (Å²) in [6.45, 7) is 0.501. The molecule has 9 heteroatoms. The Labute approximate surface area is 150 Å². The van der Waals surface area contributed by atoms with Gasteiger partial charge in [0.15, 0.2) is 0 Å². The van der Waals surface area contributed by atoms with E-state index in [-0.39, 0.29) is 17.4 Å². The first-order chi connectivity index (χ1) is 12.3. The number of fused-ring (bicyclic) bond motifs is 1. The van der Waals surface area contributed by atoms with Crippen molar-refractivity contribution in [1.82, 2.24) is 9.97 Å². The van der Waals surface area contributed by atoms with Crippen molar-refractivity contribution in [3.63, 3.8) is 0 Å². The van der Waals surface area contributed by atoms with Gasteiger partial charge in [-0.1, -0.05) is 17.7 Å². The van der Waals surface area contributed by atoms with Crippen LogP contribution in [-0.4, -0.2) is 22.9 Å². The molecule has 0 bridgehead atoms. The predicted molar refractivity (Wildman–Crippen MR) is 87.5 cm³/mol. The number of hydrogen-bond acceptors (Lipinski definition) is 3. The van der Waals surface area contributed by atoms with Gasteiger partial charge in [-0.3, -0.25) is 0 Å². The Bertz CT molecular complexity index is 911. The average molecular weight is 389 g/mol. The molecule has 0 aliphatic carbocycles. The van der Waals surface area contributed by atoms with Gasteiger partial charge in [0.25, 0.3) is 0 Å². The van der Waals surface area contributed by atoms with E-state index in [2.05, 4.69) is 14.7 Å². The molecule has 0 spiro atoms. The van der Waals surface area contributed by atoms with Crippen LogP contribution in [0.25, 0.3) is 11.0 Å². The maximum absolute atomic E-state index is 13.1. The highest BCUT2D eigenvalue weighted by Crippen LogP contribution is 2.30. The fraction of sp³-hybridized carbons (Fsp3) is 0.235. The van der Waals surface area contributed by atoms with E-state index < -0.39 is 12.1 Å². The van der Waals surface area contributed by atoms with Crippen LogP contribution in [0.4, 0.5) is 17.6 Å². The highest BCUT2D eigenvalue weighted by Gasteiger charge is 2.32. The minimum Gasteiger partial charge on any atom is -0.404 e. The van der Waals surface area contributed by atoms with Gasteiger partial charge in [0.2, 0.25) is 0 Å². The normalized spacial score (nSPS) is 11.9. The average Bonchev–Trinajstić information content (AvgIpc) is 2.94. The van der Waals surface area contributed by atoms with Crippen molar-refractivity contribution < 1.29 is 27.0 Å². The van der Waals surface area contributed by atoms with Crippen LogP contribution in [0.15, 0.2) is 36.4 Å². The van der Waals surface area contributed by atoms with E-state index in [0.717, 1.165) is 0 Å². The van der Waals surface area contributed by atoms with Crippen LogP contribution < -0.4 is 4.74 Å². The number of alkyl halides is 3. The van der Waals surface area contributed by atoms with Gasteiger partial charge < -0.3 is 14.5 Å². The van der Waals surface area contributed by atoms with Crippen LogP contribution in [0.5, 0.6) is 5.75 Å². The summed E-state index contributed by atoms with van der Waals surface area (Å²) in [7, 11) is 0. The SMILES string of the molecule is Fc1ccc2nc(COCCc3ccc(OC(F)(F)F)c(Cl)c3)[nH]c2c1. The molecule has 0 unspecified atom stereocenters. The second-order valence-electron chi connectivity index (χ2n) is 5.46. The summed E-state index contributed by atoms with van der Waals surface area (Å²) >= 11 is 5.79. The number of hydrogen-bond donors (Lipinski definition) is 1. The Kier molecular flexibility index (Phi) is 5.33. The highest BCUT2D eigenvalue weighted by atomic mass is 35.5. The number of benzene rings is 2. The summed E-state index contributed by atoms with van der Waals surface area (Å²) < 4.78 is 59.0. The summed E-state index contributed by atoms with van der Waals surface area (Å²) in [5.74, 6) is -0.251. The molecule has 0 radical (unpaired) electrons. The van der Waals surface area contributed by atoms with Crippen LogP contribution in [0, 0.1) is 5.82 Å². The lowest BCUT2D eigenvalue weighted by atomic mass is 10.1. The molecule has 0 aliphatic heterocycles. The quantitative estimate of drug-likeness (QED) is 0.477. The van der Waals surface area contributed by atoms with Gasteiger partial charge >= 0.3 is 6.36 Å². The van der Waals surface area contributed by atoms with E-state index in [0.29, 0.717) is 35.4 Å². The predicted octanol–water partition coefficient (Wildman–Crippen LogP) is 5.01. The third kappa shape index (κ3) is 4.86. The lowest BCUT2D eigenvalue weighted by Crippen LogP contribution is -2.17. The molecule has 3 aromatic rings. The monoisotopic (exact) mass is 388 g/mol. The Morgan fingerprint density at radius 3 is 2.65 bits per heavy atom. The number of imidazole rings is 1. The van der Waals surface area contributed by atoms with Gasteiger partial charge in [0, 0.05) is 0 Å². The first-order valence-electron chi connectivity index (χ1n) is 7.56. The molecule has 0 saturated heterocycles. The lowest BCUT2D eigenvalue weighted by Gasteiger charge is -2.11. The van der Waals surface area contributed by atoms with Crippen molar-refractivity contribution in [2.75, 3.05) is 6.61 Å². The number of aromatic nitrogens is 2. The number of rotatable bonds is 6. The molecule has 26 heavy (non-hydrogen) atoms. The molecule has 0 aliphatic rings. The van der Waals surface area contributed by atoms with Crippen LogP contribution >= 0.6 is 11.6 Å². The first kappa shape index (κ1) is 18.5. The summed E-state index contributed by atoms with van der Waals surface area (Å²) in [6, 6.07) is 8.29. The molecule has 1 N–H and O–H groups in total. The Morgan fingerprint density at radius 1 is 1.12 bits per heavy atom. The fourth-order valence-corrected chi connectivity index (χ4v) is 2.61. The van der Waals surface area contributed by atoms with Crippen LogP contribution in [0.1, 0.15) is 11.4 Å². The molecule has 0 atom stereocenters. The molecule has 0 amide bonds. The van der Waals surface area contributed by atoms with Crippen molar-refractivity contribution in [1.29, 1.82) is 0 Å². The van der Waals surface area contributed by atoms with E-state index in [1.807, 2.05) is 0 Å². The zero-order valence-electron chi connectivity index (χ0n) is 13.2. The minimum atomic E-state index is -4.79. The van der Waals surface area contributed by atoms with Crippen LogP contribution in [0.3, 0.4) is 0 Å². The molecule has 138 valence electrons. The van der Waals surface area contributed by atoms with E-state index in [1.54, 1.807) is 6.07 Å². The van der Waals surface area contributed by atoms with Gasteiger partial charge in [-0.15, -0.1) is 13.2 Å². The van der Waals surface area contributed by atoms with Crippen molar-refractivity contribution >= 4 is 22.6 Å². The second-order valence-corrected chi connectivity index (χ2v) is 5.87. The van der Waals surface area contributed by atoms with E-state index in [4.69, 9.17) is 16.3 Å². The third-order valence-corrected chi connectivity index (χ3v) is 3.78. The number of nitrogens with one attached hydrogen (secondary N) is 1. The van der Waals surface area contributed by atoms with Gasteiger partial charge in [-0.05, 0) is 42.3 Å². The summed E-state index contributed by atoms with van der Waals surface area (Å²) in [5.41, 5.74) is 1.92. The van der Waals surface area contributed by atoms with E-state index >= 15 is 0 Å². The number of H-pyrrole nitrogens is 1. The number of nitrogens with zero attached hydrogens (tertiary/aromatic N) is 1. The fourth-order valence-electron chi connectivity index (χ4n) is 2.37. The van der Waals surface area contributed by atoms with Gasteiger partial charge in [-0.2, -0.15) is 0 Å². The smallest absolute Gasteiger partial charge is 0.404 e. The van der Waals surface area contributed by atoms with Crippen LogP contribution in [0.2, 0.25) is 5.02 Å². The molecular formula is C17H13ClF4N2O2. The summed E-state index contributed by atoms with van der Waals surface area (Å²) in [4.78, 5) is 7.22. The summed E-state index contributed by atoms with van der Waals surface area (Å²) in [5, 5.41) is -0.126. The van der Waals surface area contributed by atoms with Crippen LogP contribution in [-0.2, 0) is 17.8 Å². The highest BCUT2D eigenvalue weighted by molar-refractivity contribution is 6.32. The molecule has 2 aromatic carbocycles. The number of ether oxygens (including phenoxy) is 2. The Morgan fingerprint density at radius 2 is 1.92 bits per heavy atom. The molecule has 4 nitrogen and oxygen atoms in total. The molecule has 0 saturated carbocycles.